The van der Waals surface area contributed by atoms with Gasteiger partial charge < -0.3 is 25.0 Å². The molecule has 10 heteroatoms. The third kappa shape index (κ3) is 7.15. The fourth-order valence-electron chi connectivity index (χ4n) is 5.01. The molecule has 0 bridgehead atoms. The summed E-state index contributed by atoms with van der Waals surface area (Å²) in [6.45, 7) is 8.86. The zero-order chi connectivity index (χ0) is 26.9. The summed E-state index contributed by atoms with van der Waals surface area (Å²) in [5, 5.41) is 9.68. The molecule has 0 spiro atoms. The lowest BCUT2D eigenvalue weighted by Gasteiger charge is -2.36. The van der Waals surface area contributed by atoms with Gasteiger partial charge in [-0.05, 0) is 95.5 Å². The van der Waals surface area contributed by atoms with Crippen LogP contribution in [0.5, 0.6) is 11.5 Å². The molecule has 38 heavy (non-hydrogen) atoms. The predicted octanol–water partition coefficient (Wildman–Crippen LogP) is 3.55. The number of ether oxygens (including phenoxy) is 2. The molecular formula is C28H38ClN5O4. The van der Waals surface area contributed by atoms with E-state index < -0.39 is 5.91 Å². The largest absolute Gasteiger partial charge is 0.492 e. The predicted molar refractivity (Wildman–Crippen MR) is 148 cm³/mol. The first-order chi connectivity index (χ1) is 18.5. The zero-order valence-electron chi connectivity index (χ0n) is 22.2. The van der Waals surface area contributed by atoms with Gasteiger partial charge in [0.25, 0.3) is 5.91 Å². The van der Waals surface area contributed by atoms with E-state index in [-0.39, 0.29) is 17.9 Å². The Balaban J connectivity index is 1.54. The number of nitrogens with zero attached hydrogens (tertiary/aromatic N) is 2. The Morgan fingerprint density at radius 3 is 2.16 bits per heavy atom. The number of halogens is 1. The molecule has 0 unspecified atom stereocenters. The summed E-state index contributed by atoms with van der Waals surface area (Å²) >= 11 is 6.52. The van der Waals surface area contributed by atoms with Crippen LogP contribution in [-0.4, -0.2) is 62.2 Å². The van der Waals surface area contributed by atoms with Gasteiger partial charge in [-0.15, -0.1) is 0 Å². The highest BCUT2D eigenvalue weighted by molar-refractivity contribution is 6.33. The highest BCUT2D eigenvalue weighted by Gasteiger charge is 2.25. The van der Waals surface area contributed by atoms with Crippen molar-refractivity contribution in [3.63, 3.8) is 0 Å². The minimum atomic E-state index is -0.415. The van der Waals surface area contributed by atoms with Gasteiger partial charge in [0, 0.05) is 24.7 Å². The maximum Gasteiger partial charge on any atom is 0.259 e. The van der Waals surface area contributed by atoms with Crippen LogP contribution in [0.1, 0.15) is 55.5 Å². The first-order valence-electron chi connectivity index (χ1n) is 13.6. The summed E-state index contributed by atoms with van der Waals surface area (Å²) < 4.78 is 11.6. The molecule has 1 aromatic carbocycles. The number of hydrogen-bond acceptors (Lipinski definition) is 8. The van der Waals surface area contributed by atoms with E-state index in [1.54, 1.807) is 12.3 Å². The van der Waals surface area contributed by atoms with Crippen LogP contribution in [0.15, 0.2) is 30.5 Å². The van der Waals surface area contributed by atoms with Crippen LogP contribution in [0.25, 0.3) is 0 Å². The lowest BCUT2D eigenvalue weighted by atomic mass is 9.97. The van der Waals surface area contributed by atoms with E-state index in [9.17, 15) is 9.59 Å². The first-order valence-corrected chi connectivity index (χ1v) is 13.9. The minimum absolute atomic E-state index is 0.134. The molecule has 2 amide bonds. The zero-order valence-corrected chi connectivity index (χ0v) is 23.0. The van der Waals surface area contributed by atoms with Crippen molar-refractivity contribution in [1.29, 1.82) is 0 Å². The van der Waals surface area contributed by atoms with Crippen LogP contribution in [0.3, 0.4) is 0 Å². The normalized spacial score (nSPS) is 16.6. The van der Waals surface area contributed by atoms with E-state index in [0.29, 0.717) is 41.8 Å². The highest BCUT2D eigenvalue weighted by atomic mass is 35.5. The standard InChI is InChI=1S/C28H38ClN5O4/c1-3-37-23-15-19(16-24(26(23)29)38-4-2)18-34(22-9-13-31-14-10-22)25-6-5-21(17-32-25)28(36)33-27(35)20-7-11-30-12-8-20/h5-6,15-17,20,22,30-31H,3-4,7-14,18H2,1-2H3,(H,33,35,36). The molecule has 3 N–H and O–H groups in total. The lowest BCUT2D eigenvalue weighted by Crippen LogP contribution is -2.43. The van der Waals surface area contributed by atoms with Crippen LogP contribution in [0.4, 0.5) is 5.82 Å². The minimum Gasteiger partial charge on any atom is -0.492 e. The average Bonchev–Trinajstić information content (AvgIpc) is 2.95. The van der Waals surface area contributed by atoms with Gasteiger partial charge in [-0.2, -0.15) is 0 Å². The summed E-state index contributed by atoms with van der Waals surface area (Å²) in [6.07, 6.45) is 4.97. The summed E-state index contributed by atoms with van der Waals surface area (Å²) in [5.41, 5.74) is 1.36. The van der Waals surface area contributed by atoms with E-state index in [4.69, 9.17) is 21.1 Å². The SMILES string of the molecule is CCOc1cc(CN(c2ccc(C(=O)NC(=O)C3CCNCC3)cn2)C2CCNCC2)cc(OCC)c1Cl. The molecule has 2 aliphatic heterocycles. The van der Waals surface area contributed by atoms with E-state index in [2.05, 4.69) is 25.8 Å². The number of rotatable bonds is 10. The van der Waals surface area contributed by atoms with Gasteiger partial charge in [-0.1, -0.05) is 11.6 Å². The molecule has 206 valence electrons. The van der Waals surface area contributed by atoms with Crippen molar-refractivity contribution in [2.24, 2.45) is 5.92 Å². The summed E-state index contributed by atoms with van der Waals surface area (Å²) in [7, 11) is 0. The number of piperidine rings is 2. The number of amides is 2. The highest BCUT2D eigenvalue weighted by Crippen LogP contribution is 2.37. The number of anilines is 1. The number of aromatic nitrogens is 1. The quantitative estimate of drug-likeness (QED) is 0.391. The monoisotopic (exact) mass is 543 g/mol. The maximum atomic E-state index is 12.8. The van der Waals surface area contributed by atoms with E-state index in [0.717, 1.165) is 63.2 Å². The number of benzene rings is 1. The molecule has 4 rings (SSSR count). The molecule has 0 saturated carbocycles. The van der Waals surface area contributed by atoms with Crippen molar-refractivity contribution < 1.29 is 19.1 Å². The van der Waals surface area contributed by atoms with Gasteiger partial charge in [-0.3, -0.25) is 14.9 Å². The van der Waals surface area contributed by atoms with Crippen LogP contribution in [0.2, 0.25) is 5.02 Å². The molecule has 1 aromatic heterocycles. The van der Waals surface area contributed by atoms with Crippen molar-refractivity contribution in [2.75, 3.05) is 44.3 Å². The second-order valence-corrected chi connectivity index (χ2v) is 10.0. The van der Waals surface area contributed by atoms with E-state index in [1.165, 1.54) is 0 Å². The van der Waals surface area contributed by atoms with Crippen LogP contribution >= 0.6 is 11.6 Å². The van der Waals surface area contributed by atoms with Crippen molar-refractivity contribution in [2.45, 2.75) is 52.1 Å². The van der Waals surface area contributed by atoms with Gasteiger partial charge in [0.15, 0.2) is 0 Å². The van der Waals surface area contributed by atoms with Crippen LogP contribution in [-0.2, 0) is 11.3 Å². The third-order valence-corrected chi connectivity index (χ3v) is 7.39. The summed E-state index contributed by atoms with van der Waals surface area (Å²) in [5.74, 6) is 1.20. The van der Waals surface area contributed by atoms with E-state index >= 15 is 0 Å². The second-order valence-electron chi connectivity index (χ2n) is 9.63. The third-order valence-electron chi connectivity index (χ3n) is 7.02. The van der Waals surface area contributed by atoms with Crippen molar-refractivity contribution in [1.82, 2.24) is 20.9 Å². The number of imide groups is 1. The van der Waals surface area contributed by atoms with Gasteiger partial charge in [0.1, 0.15) is 22.3 Å². The molecule has 2 fully saturated rings. The molecule has 9 nitrogen and oxygen atoms in total. The van der Waals surface area contributed by atoms with Gasteiger partial charge in [0.05, 0.1) is 18.8 Å². The molecule has 2 aromatic rings. The van der Waals surface area contributed by atoms with Gasteiger partial charge in [0.2, 0.25) is 5.91 Å². The molecule has 3 heterocycles. The molecule has 0 radical (unpaired) electrons. The molecule has 0 aliphatic carbocycles. The van der Waals surface area contributed by atoms with Gasteiger partial charge in [-0.25, -0.2) is 4.98 Å². The number of nitrogens with one attached hydrogen (secondary N) is 3. The number of pyridine rings is 1. The Morgan fingerprint density at radius 1 is 1.00 bits per heavy atom. The Hall–Kier alpha value is -2.88. The van der Waals surface area contributed by atoms with Gasteiger partial charge >= 0.3 is 0 Å². The maximum absolute atomic E-state index is 12.8. The second kappa shape index (κ2) is 13.8. The van der Waals surface area contributed by atoms with E-state index in [1.807, 2.05) is 32.0 Å². The van der Waals surface area contributed by atoms with Crippen LogP contribution in [0, 0.1) is 5.92 Å². The first kappa shape index (κ1) is 28.1. The fourth-order valence-corrected chi connectivity index (χ4v) is 5.23. The topological polar surface area (TPSA) is 105 Å². The molecular weight excluding hydrogens is 506 g/mol. The lowest BCUT2D eigenvalue weighted by molar-refractivity contribution is -0.124. The van der Waals surface area contributed by atoms with Crippen molar-refractivity contribution in [3.8, 4) is 11.5 Å². The Kier molecular flexibility index (Phi) is 10.2. The Labute approximate surface area is 229 Å². The average molecular weight is 544 g/mol. The molecule has 0 atom stereocenters. The van der Waals surface area contributed by atoms with Crippen molar-refractivity contribution in [3.05, 3.63) is 46.6 Å². The fraction of sp³-hybridized carbons (Fsp3) is 0.536. The van der Waals surface area contributed by atoms with Crippen molar-refractivity contribution >= 4 is 29.2 Å². The molecule has 2 aliphatic rings. The Bertz CT molecular complexity index is 1060. The number of hydrogen-bond donors (Lipinski definition) is 3. The summed E-state index contributed by atoms with van der Waals surface area (Å²) in [4.78, 5) is 32.2. The summed E-state index contributed by atoms with van der Waals surface area (Å²) in [6, 6.07) is 7.77. The van der Waals surface area contributed by atoms with Crippen LogP contribution < -0.4 is 30.3 Å². The number of carbonyl (C=O) groups is 2. The Morgan fingerprint density at radius 2 is 1.61 bits per heavy atom. The smallest absolute Gasteiger partial charge is 0.259 e. The number of carbonyl (C=O) groups excluding carboxylic acids is 2. The molecule has 2 saturated heterocycles.